The summed E-state index contributed by atoms with van der Waals surface area (Å²) in [7, 11) is 0. The molecule has 1 heterocycles. The van der Waals surface area contributed by atoms with Gasteiger partial charge in [-0.15, -0.1) is 0 Å². The molecule has 1 saturated heterocycles. The van der Waals surface area contributed by atoms with Crippen LogP contribution >= 0.6 is 23.4 Å². The number of rotatable bonds is 6. The third kappa shape index (κ3) is 5.06. The number of anilines is 1. The van der Waals surface area contributed by atoms with Gasteiger partial charge in [0, 0.05) is 0 Å². The van der Waals surface area contributed by atoms with Gasteiger partial charge in [0.2, 0.25) is 0 Å². The topological polar surface area (TPSA) is 41.9 Å². The molecule has 0 spiro atoms. The predicted molar refractivity (Wildman–Crippen MR) is 135 cm³/mol. The Labute approximate surface area is 197 Å². The second kappa shape index (κ2) is 10.1. The fraction of sp³-hybridized carbons (Fsp3) is 0.154. The van der Waals surface area contributed by atoms with E-state index in [1.165, 1.54) is 11.8 Å². The number of carbonyl (C=O) groups excluding carboxylic acids is 1. The number of amides is 1. The van der Waals surface area contributed by atoms with Crippen molar-refractivity contribution in [1.82, 2.24) is 0 Å². The number of halogens is 1. The van der Waals surface area contributed by atoms with Crippen LogP contribution < -0.4 is 9.64 Å². The van der Waals surface area contributed by atoms with Crippen molar-refractivity contribution in [2.75, 3.05) is 4.90 Å². The summed E-state index contributed by atoms with van der Waals surface area (Å²) < 4.78 is 5.85. The van der Waals surface area contributed by atoms with Crippen LogP contribution in [0.5, 0.6) is 5.75 Å². The number of thioether (sulfide) groups is 1. The van der Waals surface area contributed by atoms with Crippen molar-refractivity contribution in [3.63, 3.8) is 0 Å². The summed E-state index contributed by atoms with van der Waals surface area (Å²) in [6, 6.07) is 24.7. The average Bonchev–Trinajstić information content (AvgIpc) is 3.11. The van der Waals surface area contributed by atoms with Gasteiger partial charge in [0.1, 0.15) is 5.75 Å². The summed E-state index contributed by atoms with van der Waals surface area (Å²) in [5.74, 6) is 0.526. The lowest BCUT2D eigenvalue weighted by atomic mass is 10.2. The highest BCUT2D eigenvalue weighted by molar-refractivity contribution is 8.19. The molecule has 162 valence electrons. The molecule has 32 heavy (non-hydrogen) atoms. The lowest BCUT2D eigenvalue weighted by Crippen LogP contribution is -2.28. The number of hydrogen-bond donors (Lipinski definition) is 0. The number of hydrogen-bond acceptors (Lipinski definition) is 4. The summed E-state index contributed by atoms with van der Waals surface area (Å²) in [5, 5.41) is 1.13. The van der Waals surface area contributed by atoms with E-state index in [0.29, 0.717) is 20.8 Å². The molecule has 0 aromatic heterocycles. The first-order valence-electron chi connectivity index (χ1n) is 10.4. The zero-order chi connectivity index (χ0) is 22.5. The second-order valence-corrected chi connectivity index (χ2v) is 8.76. The fourth-order valence-corrected chi connectivity index (χ4v) is 4.35. The van der Waals surface area contributed by atoms with Gasteiger partial charge >= 0.3 is 0 Å². The molecule has 6 heteroatoms. The van der Waals surface area contributed by atoms with Gasteiger partial charge in [-0.05, 0) is 73.1 Å². The van der Waals surface area contributed by atoms with E-state index < -0.39 is 0 Å². The number of aliphatic imine (C=N–C) groups is 1. The van der Waals surface area contributed by atoms with Gasteiger partial charge in [-0.2, -0.15) is 0 Å². The van der Waals surface area contributed by atoms with Gasteiger partial charge in [-0.1, -0.05) is 61.0 Å². The van der Waals surface area contributed by atoms with Gasteiger partial charge in [-0.3, -0.25) is 9.69 Å². The summed E-state index contributed by atoms with van der Waals surface area (Å²) in [4.78, 5) is 20.3. The van der Waals surface area contributed by atoms with Crippen LogP contribution in [-0.2, 0) is 4.79 Å². The van der Waals surface area contributed by atoms with Crippen LogP contribution in [0, 0.1) is 0 Å². The molecule has 0 saturated carbocycles. The first-order valence-corrected chi connectivity index (χ1v) is 11.6. The molecule has 0 unspecified atom stereocenters. The van der Waals surface area contributed by atoms with E-state index in [-0.39, 0.29) is 12.0 Å². The largest absolute Gasteiger partial charge is 0.489 e. The van der Waals surface area contributed by atoms with E-state index in [1.54, 1.807) is 4.90 Å². The molecular formula is C26H23ClN2O2S. The van der Waals surface area contributed by atoms with Crippen LogP contribution in [0.25, 0.3) is 6.08 Å². The molecule has 3 aromatic rings. The summed E-state index contributed by atoms with van der Waals surface area (Å²) in [6.07, 6.45) is 2.82. The molecule has 0 radical (unpaired) electrons. The number of ether oxygens (including phenoxy) is 1. The number of carbonyl (C=O) groups is 1. The maximum Gasteiger partial charge on any atom is 0.271 e. The van der Waals surface area contributed by atoms with Crippen LogP contribution in [0.4, 0.5) is 11.4 Å². The Morgan fingerprint density at radius 3 is 2.41 bits per heavy atom. The third-order valence-electron chi connectivity index (χ3n) is 4.96. The molecule has 4 nitrogen and oxygen atoms in total. The highest BCUT2D eigenvalue weighted by Gasteiger charge is 2.34. The quantitative estimate of drug-likeness (QED) is 0.360. The fourth-order valence-electron chi connectivity index (χ4n) is 3.12. The van der Waals surface area contributed by atoms with Crippen molar-refractivity contribution in [3.05, 3.63) is 94.4 Å². The van der Waals surface area contributed by atoms with Crippen LogP contribution in [0.2, 0.25) is 5.02 Å². The van der Waals surface area contributed by atoms with Crippen LogP contribution in [-0.4, -0.2) is 17.2 Å². The molecule has 0 bridgehead atoms. The Morgan fingerprint density at radius 1 is 1.06 bits per heavy atom. The zero-order valence-corrected chi connectivity index (χ0v) is 19.4. The van der Waals surface area contributed by atoms with Crippen LogP contribution in [0.1, 0.15) is 25.8 Å². The van der Waals surface area contributed by atoms with Gasteiger partial charge < -0.3 is 4.74 Å². The van der Waals surface area contributed by atoms with Crippen molar-refractivity contribution in [1.29, 1.82) is 0 Å². The normalized spacial score (nSPS) is 17.2. The first-order chi connectivity index (χ1) is 15.5. The Hall–Kier alpha value is -3.02. The lowest BCUT2D eigenvalue weighted by Gasteiger charge is -2.15. The minimum atomic E-state index is -0.119. The van der Waals surface area contributed by atoms with Crippen molar-refractivity contribution >= 4 is 51.9 Å². The Morgan fingerprint density at radius 2 is 1.75 bits per heavy atom. The van der Waals surface area contributed by atoms with Gasteiger partial charge in [0.05, 0.1) is 27.4 Å². The van der Waals surface area contributed by atoms with Crippen LogP contribution in [0.3, 0.4) is 0 Å². The van der Waals surface area contributed by atoms with E-state index in [2.05, 4.69) is 6.92 Å². The number of amidine groups is 1. The first kappa shape index (κ1) is 22.2. The lowest BCUT2D eigenvalue weighted by molar-refractivity contribution is -0.113. The molecule has 1 fully saturated rings. The van der Waals surface area contributed by atoms with Crippen molar-refractivity contribution in [3.8, 4) is 5.75 Å². The standard InChI is InChI=1S/C26H23ClN2O2S/c1-3-18(2)31-23-15-14-19(16-22(23)27)17-24-25(30)29(21-12-8-5-9-13-21)26(32-24)28-20-10-6-4-7-11-20/h4-18H,3H2,1-2H3/b24-17-,28-26?/t18-/m1/s1. The Balaban J connectivity index is 1.68. The predicted octanol–water partition coefficient (Wildman–Crippen LogP) is 7.33. The van der Waals surface area contributed by atoms with Crippen LogP contribution in [0.15, 0.2) is 88.8 Å². The molecule has 1 amide bonds. The van der Waals surface area contributed by atoms with E-state index in [4.69, 9.17) is 21.3 Å². The summed E-state index contributed by atoms with van der Waals surface area (Å²) in [5.41, 5.74) is 2.40. The van der Waals surface area contributed by atoms with E-state index in [1.807, 2.05) is 91.9 Å². The third-order valence-corrected chi connectivity index (χ3v) is 6.22. The molecule has 0 N–H and O–H groups in total. The maximum absolute atomic E-state index is 13.3. The highest BCUT2D eigenvalue weighted by atomic mass is 35.5. The van der Waals surface area contributed by atoms with E-state index in [9.17, 15) is 4.79 Å². The SMILES string of the molecule is CC[C@@H](C)Oc1ccc(/C=C2\SC(=Nc3ccccc3)N(c3ccccc3)C2=O)cc1Cl. The number of nitrogens with zero attached hydrogens (tertiary/aromatic N) is 2. The van der Waals surface area contributed by atoms with Gasteiger partial charge in [0.25, 0.3) is 5.91 Å². The van der Waals surface area contributed by atoms with Gasteiger partial charge in [0.15, 0.2) is 5.17 Å². The van der Waals surface area contributed by atoms with E-state index >= 15 is 0 Å². The number of para-hydroxylation sites is 2. The molecule has 4 rings (SSSR count). The summed E-state index contributed by atoms with van der Waals surface area (Å²) in [6.45, 7) is 4.07. The molecule has 1 aliphatic heterocycles. The maximum atomic E-state index is 13.3. The Bertz CT molecular complexity index is 1160. The molecule has 1 aliphatic rings. The Kier molecular flexibility index (Phi) is 6.98. The van der Waals surface area contributed by atoms with Crippen molar-refractivity contribution in [2.45, 2.75) is 26.4 Å². The molecule has 3 aromatic carbocycles. The summed E-state index contributed by atoms with van der Waals surface area (Å²) >= 11 is 7.78. The molecule has 0 aliphatic carbocycles. The number of benzene rings is 3. The minimum Gasteiger partial charge on any atom is -0.489 e. The second-order valence-electron chi connectivity index (χ2n) is 7.34. The molecular weight excluding hydrogens is 440 g/mol. The minimum absolute atomic E-state index is 0.0832. The van der Waals surface area contributed by atoms with Crippen molar-refractivity contribution < 1.29 is 9.53 Å². The van der Waals surface area contributed by atoms with E-state index in [0.717, 1.165) is 23.4 Å². The highest BCUT2D eigenvalue weighted by Crippen LogP contribution is 2.38. The smallest absolute Gasteiger partial charge is 0.271 e. The average molecular weight is 463 g/mol. The monoisotopic (exact) mass is 462 g/mol. The van der Waals surface area contributed by atoms with Crippen molar-refractivity contribution in [2.24, 2.45) is 4.99 Å². The van der Waals surface area contributed by atoms with Gasteiger partial charge in [-0.25, -0.2) is 4.99 Å². The zero-order valence-electron chi connectivity index (χ0n) is 17.9. The molecule has 1 atom stereocenters.